The van der Waals surface area contributed by atoms with Gasteiger partial charge in [0.2, 0.25) is 0 Å². The molecule has 0 aromatic heterocycles. The predicted octanol–water partition coefficient (Wildman–Crippen LogP) is 3.40. The standard InChI is InChI=1S/C15H33NO2S/c1-6-8-10-15(7-2,13-16-14(3)4)11-9-12-19(5,17)18/h14,16H,6-13H2,1-5H3. The fourth-order valence-electron chi connectivity index (χ4n) is 2.46. The highest BCUT2D eigenvalue weighted by molar-refractivity contribution is 7.90. The molecular weight excluding hydrogens is 258 g/mol. The summed E-state index contributed by atoms with van der Waals surface area (Å²) < 4.78 is 22.5. The molecule has 1 atom stereocenters. The minimum Gasteiger partial charge on any atom is -0.314 e. The van der Waals surface area contributed by atoms with E-state index < -0.39 is 9.84 Å². The highest BCUT2D eigenvalue weighted by atomic mass is 32.2. The fraction of sp³-hybridized carbons (Fsp3) is 1.00. The Bertz CT molecular complexity index is 325. The van der Waals surface area contributed by atoms with Crippen molar-refractivity contribution in [2.24, 2.45) is 5.41 Å². The number of hydrogen-bond donors (Lipinski definition) is 1. The van der Waals surface area contributed by atoms with Crippen molar-refractivity contribution in [1.29, 1.82) is 0 Å². The summed E-state index contributed by atoms with van der Waals surface area (Å²) in [5.41, 5.74) is 0.269. The van der Waals surface area contributed by atoms with Crippen LogP contribution in [0.25, 0.3) is 0 Å². The van der Waals surface area contributed by atoms with E-state index in [1.807, 2.05) is 0 Å². The van der Waals surface area contributed by atoms with Crippen LogP contribution in [0.2, 0.25) is 0 Å². The summed E-state index contributed by atoms with van der Waals surface area (Å²) in [5, 5.41) is 3.54. The van der Waals surface area contributed by atoms with E-state index in [4.69, 9.17) is 0 Å². The van der Waals surface area contributed by atoms with E-state index in [9.17, 15) is 8.42 Å². The zero-order chi connectivity index (χ0) is 14.9. The van der Waals surface area contributed by atoms with Crippen molar-refractivity contribution in [3.8, 4) is 0 Å². The highest BCUT2D eigenvalue weighted by Gasteiger charge is 2.27. The summed E-state index contributed by atoms with van der Waals surface area (Å²) in [6, 6.07) is 0.488. The van der Waals surface area contributed by atoms with Crippen molar-refractivity contribution in [2.75, 3.05) is 18.6 Å². The van der Waals surface area contributed by atoms with Gasteiger partial charge in [-0.1, -0.05) is 40.5 Å². The van der Waals surface area contributed by atoms with Crippen LogP contribution in [-0.4, -0.2) is 33.0 Å². The third-order valence-electron chi connectivity index (χ3n) is 3.92. The Balaban J connectivity index is 4.52. The molecule has 0 rings (SSSR count). The minimum atomic E-state index is -2.83. The normalized spacial score (nSPS) is 15.7. The Morgan fingerprint density at radius 2 is 1.68 bits per heavy atom. The van der Waals surface area contributed by atoms with Gasteiger partial charge in [0.15, 0.2) is 0 Å². The second-order valence-electron chi connectivity index (χ2n) is 6.23. The minimum absolute atomic E-state index is 0.269. The van der Waals surface area contributed by atoms with E-state index in [0.29, 0.717) is 11.8 Å². The van der Waals surface area contributed by atoms with Crippen LogP contribution in [0, 0.1) is 5.41 Å². The topological polar surface area (TPSA) is 46.2 Å². The molecule has 0 aliphatic rings. The molecule has 0 aromatic rings. The van der Waals surface area contributed by atoms with Crippen molar-refractivity contribution in [1.82, 2.24) is 5.32 Å². The molecule has 0 aliphatic heterocycles. The molecule has 3 nitrogen and oxygen atoms in total. The molecule has 0 saturated carbocycles. The monoisotopic (exact) mass is 291 g/mol. The van der Waals surface area contributed by atoms with Gasteiger partial charge >= 0.3 is 0 Å². The number of unbranched alkanes of at least 4 members (excludes halogenated alkanes) is 1. The van der Waals surface area contributed by atoms with Crippen molar-refractivity contribution in [2.45, 2.75) is 72.3 Å². The smallest absolute Gasteiger partial charge is 0.147 e. The molecule has 0 aromatic carbocycles. The van der Waals surface area contributed by atoms with Gasteiger partial charge in [-0.25, -0.2) is 8.42 Å². The lowest BCUT2D eigenvalue weighted by atomic mass is 9.76. The number of nitrogens with one attached hydrogen (secondary N) is 1. The molecule has 0 aliphatic carbocycles. The largest absolute Gasteiger partial charge is 0.314 e. The van der Waals surface area contributed by atoms with Crippen molar-refractivity contribution in [3.63, 3.8) is 0 Å². The maximum atomic E-state index is 11.3. The molecule has 0 heterocycles. The van der Waals surface area contributed by atoms with Gasteiger partial charge < -0.3 is 5.32 Å². The predicted molar refractivity (Wildman–Crippen MR) is 84.3 cm³/mol. The highest BCUT2D eigenvalue weighted by Crippen LogP contribution is 2.33. The van der Waals surface area contributed by atoms with Crippen LogP contribution in [0.15, 0.2) is 0 Å². The number of sulfone groups is 1. The lowest BCUT2D eigenvalue weighted by Crippen LogP contribution is -2.37. The van der Waals surface area contributed by atoms with E-state index in [1.165, 1.54) is 25.5 Å². The van der Waals surface area contributed by atoms with Gasteiger partial charge in [0, 0.05) is 24.6 Å². The first-order valence-electron chi connectivity index (χ1n) is 7.66. The molecule has 0 radical (unpaired) electrons. The lowest BCUT2D eigenvalue weighted by Gasteiger charge is -2.34. The summed E-state index contributed by atoms with van der Waals surface area (Å²) in [6.07, 6.45) is 7.88. The molecule has 19 heavy (non-hydrogen) atoms. The first-order valence-corrected chi connectivity index (χ1v) is 9.72. The maximum absolute atomic E-state index is 11.3. The summed E-state index contributed by atoms with van der Waals surface area (Å²) in [6.45, 7) is 9.78. The molecule has 1 N–H and O–H groups in total. The summed E-state index contributed by atoms with van der Waals surface area (Å²) >= 11 is 0. The van der Waals surface area contributed by atoms with Crippen molar-refractivity contribution < 1.29 is 8.42 Å². The van der Waals surface area contributed by atoms with Gasteiger partial charge in [-0.05, 0) is 31.1 Å². The van der Waals surface area contributed by atoms with E-state index in [2.05, 4.69) is 33.0 Å². The molecule has 4 heteroatoms. The molecule has 1 unspecified atom stereocenters. The Morgan fingerprint density at radius 1 is 1.11 bits per heavy atom. The quantitative estimate of drug-likeness (QED) is 0.634. The van der Waals surface area contributed by atoms with E-state index in [1.54, 1.807) is 0 Å². The van der Waals surface area contributed by atoms with Gasteiger partial charge in [-0.15, -0.1) is 0 Å². The number of rotatable bonds is 11. The molecule has 116 valence electrons. The maximum Gasteiger partial charge on any atom is 0.147 e. The molecule has 0 fully saturated rings. The summed E-state index contributed by atoms with van der Waals surface area (Å²) in [4.78, 5) is 0. The van der Waals surface area contributed by atoms with Crippen LogP contribution in [0.4, 0.5) is 0 Å². The van der Waals surface area contributed by atoms with Gasteiger partial charge in [-0.2, -0.15) is 0 Å². The zero-order valence-corrected chi connectivity index (χ0v) is 14.3. The van der Waals surface area contributed by atoms with Crippen LogP contribution in [0.1, 0.15) is 66.2 Å². The van der Waals surface area contributed by atoms with Gasteiger partial charge in [0.1, 0.15) is 9.84 Å². The first kappa shape index (κ1) is 18.9. The van der Waals surface area contributed by atoms with E-state index >= 15 is 0 Å². The summed E-state index contributed by atoms with van der Waals surface area (Å²) in [7, 11) is -2.83. The van der Waals surface area contributed by atoms with Crippen LogP contribution in [0.3, 0.4) is 0 Å². The van der Waals surface area contributed by atoms with Crippen LogP contribution < -0.4 is 5.32 Å². The molecule has 0 bridgehead atoms. The third-order valence-corrected chi connectivity index (χ3v) is 4.95. The average molecular weight is 292 g/mol. The van der Waals surface area contributed by atoms with Gasteiger partial charge in [0.25, 0.3) is 0 Å². The first-order chi connectivity index (χ1) is 8.74. The SMILES string of the molecule is CCCCC(CC)(CCCS(C)(=O)=O)CNC(C)C. The molecule has 0 spiro atoms. The Hall–Kier alpha value is -0.0900. The second-order valence-corrected chi connectivity index (χ2v) is 8.49. The second kappa shape index (κ2) is 8.96. The van der Waals surface area contributed by atoms with Crippen molar-refractivity contribution >= 4 is 9.84 Å². The third kappa shape index (κ3) is 9.44. The van der Waals surface area contributed by atoms with Gasteiger partial charge in [-0.3, -0.25) is 0 Å². The average Bonchev–Trinajstić information content (AvgIpc) is 2.30. The van der Waals surface area contributed by atoms with Crippen LogP contribution in [-0.2, 0) is 9.84 Å². The van der Waals surface area contributed by atoms with Gasteiger partial charge in [0.05, 0.1) is 0 Å². The van der Waals surface area contributed by atoms with Crippen LogP contribution >= 0.6 is 0 Å². The Morgan fingerprint density at radius 3 is 2.11 bits per heavy atom. The van der Waals surface area contributed by atoms with Crippen molar-refractivity contribution in [3.05, 3.63) is 0 Å². The Labute approximate surface area is 120 Å². The van der Waals surface area contributed by atoms with E-state index in [0.717, 1.165) is 25.8 Å². The molecular formula is C15H33NO2S. The van der Waals surface area contributed by atoms with E-state index in [-0.39, 0.29) is 5.41 Å². The fourth-order valence-corrected chi connectivity index (χ4v) is 3.13. The zero-order valence-electron chi connectivity index (χ0n) is 13.5. The molecule has 0 saturated heterocycles. The summed E-state index contributed by atoms with van der Waals surface area (Å²) in [5.74, 6) is 0.322. The molecule has 0 amide bonds. The van der Waals surface area contributed by atoms with Crippen LogP contribution in [0.5, 0.6) is 0 Å². The number of hydrogen-bond acceptors (Lipinski definition) is 3. The Kier molecular flexibility index (Phi) is 8.92. The lowest BCUT2D eigenvalue weighted by molar-refractivity contribution is 0.205.